The van der Waals surface area contributed by atoms with Crippen LogP contribution in [0.15, 0.2) is 18.2 Å². The van der Waals surface area contributed by atoms with Crippen molar-refractivity contribution in [3.05, 3.63) is 34.9 Å². The Morgan fingerprint density at radius 2 is 2.07 bits per heavy atom. The zero-order chi connectivity index (χ0) is 20.6. The summed E-state index contributed by atoms with van der Waals surface area (Å²) in [6.45, 7) is 5.49. The third-order valence-corrected chi connectivity index (χ3v) is 6.45. The molecule has 29 heavy (non-hydrogen) atoms. The molecule has 4 rings (SSSR count). The van der Waals surface area contributed by atoms with Gasteiger partial charge in [0, 0.05) is 37.2 Å². The number of carbonyl (C=O) groups is 3. The van der Waals surface area contributed by atoms with E-state index in [1.54, 1.807) is 4.90 Å². The first-order chi connectivity index (χ1) is 13.9. The number of nitrogens with one attached hydrogen (secondary N) is 2. The molecule has 0 saturated carbocycles. The highest BCUT2D eigenvalue weighted by Gasteiger charge is 2.40. The lowest BCUT2D eigenvalue weighted by atomic mass is 9.90. The fourth-order valence-corrected chi connectivity index (χ4v) is 4.99. The zero-order valence-electron chi connectivity index (χ0n) is 17.3. The Morgan fingerprint density at radius 3 is 2.79 bits per heavy atom. The number of fused-ring (bicyclic) bond motifs is 1. The second-order valence-corrected chi connectivity index (χ2v) is 8.96. The molecule has 0 aromatic heterocycles. The molecule has 156 valence electrons. The maximum atomic E-state index is 13.0. The number of amides is 3. The molecular formula is C22H30N4O3. The molecule has 0 bridgehead atoms. The van der Waals surface area contributed by atoms with Crippen LogP contribution in [-0.2, 0) is 22.7 Å². The quantitative estimate of drug-likeness (QED) is 0.733. The number of likely N-dealkylation sites (N-methyl/N-ethyl adjacent to an activating group) is 1. The number of hydrogen-bond donors (Lipinski definition) is 2. The van der Waals surface area contributed by atoms with E-state index in [0.717, 1.165) is 30.8 Å². The van der Waals surface area contributed by atoms with Gasteiger partial charge >= 0.3 is 0 Å². The molecule has 1 aromatic carbocycles. The summed E-state index contributed by atoms with van der Waals surface area (Å²) in [5, 5.41) is 6.02. The zero-order valence-corrected chi connectivity index (χ0v) is 17.3. The lowest BCUT2D eigenvalue weighted by Crippen LogP contribution is -2.52. The third-order valence-electron chi connectivity index (χ3n) is 6.45. The third kappa shape index (κ3) is 4.07. The van der Waals surface area contributed by atoms with Gasteiger partial charge in [0.25, 0.3) is 5.91 Å². The molecule has 2 fully saturated rings. The van der Waals surface area contributed by atoms with Gasteiger partial charge in [0.2, 0.25) is 11.8 Å². The van der Waals surface area contributed by atoms with Crippen LogP contribution in [0.3, 0.4) is 0 Å². The van der Waals surface area contributed by atoms with Crippen molar-refractivity contribution in [2.24, 2.45) is 0 Å². The van der Waals surface area contributed by atoms with Crippen molar-refractivity contribution in [3.8, 4) is 0 Å². The minimum absolute atomic E-state index is 0.111. The summed E-state index contributed by atoms with van der Waals surface area (Å²) in [6.07, 6.45) is 4.34. The van der Waals surface area contributed by atoms with Crippen molar-refractivity contribution < 1.29 is 14.4 Å². The van der Waals surface area contributed by atoms with Gasteiger partial charge in [-0.25, -0.2) is 0 Å². The first kappa shape index (κ1) is 20.0. The average Bonchev–Trinajstić information content (AvgIpc) is 3.00. The SMILES string of the molecule is CN(Cc1cccc2c1CN(C1CCC(=O)NC1=O)C2=O)CC1(C)CCCCN1. The predicted molar refractivity (Wildman–Crippen MR) is 109 cm³/mol. The molecule has 3 aliphatic heterocycles. The summed E-state index contributed by atoms with van der Waals surface area (Å²) in [4.78, 5) is 40.6. The lowest BCUT2D eigenvalue weighted by Gasteiger charge is -2.38. The maximum absolute atomic E-state index is 13.0. The Kier molecular flexibility index (Phi) is 5.44. The van der Waals surface area contributed by atoms with Gasteiger partial charge in [-0.15, -0.1) is 0 Å². The fraction of sp³-hybridized carbons (Fsp3) is 0.591. The molecule has 0 spiro atoms. The Bertz CT molecular complexity index is 831. The van der Waals surface area contributed by atoms with Crippen LogP contribution in [0.1, 0.15) is 60.5 Å². The van der Waals surface area contributed by atoms with Gasteiger partial charge in [0.05, 0.1) is 0 Å². The number of carbonyl (C=O) groups excluding carboxylic acids is 3. The number of rotatable bonds is 5. The van der Waals surface area contributed by atoms with Gasteiger partial charge in [0.1, 0.15) is 6.04 Å². The predicted octanol–water partition coefficient (Wildman–Crippen LogP) is 1.41. The van der Waals surface area contributed by atoms with Crippen molar-refractivity contribution >= 4 is 17.7 Å². The highest BCUT2D eigenvalue weighted by molar-refractivity contribution is 6.05. The van der Waals surface area contributed by atoms with E-state index in [1.807, 2.05) is 12.1 Å². The molecule has 1 aromatic rings. The van der Waals surface area contributed by atoms with Crippen molar-refractivity contribution in [3.63, 3.8) is 0 Å². The minimum Gasteiger partial charge on any atom is -0.322 e. The van der Waals surface area contributed by atoms with E-state index >= 15 is 0 Å². The van der Waals surface area contributed by atoms with Crippen LogP contribution in [-0.4, -0.2) is 59.2 Å². The molecule has 0 radical (unpaired) electrons. The van der Waals surface area contributed by atoms with Gasteiger partial charge in [-0.05, 0) is 57.0 Å². The number of hydrogen-bond acceptors (Lipinski definition) is 5. The van der Waals surface area contributed by atoms with Crippen LogP contribution < -0.4 is 10.6 Å². The van der Waals surface area contributed by atoms with E-state index in [1.165, 1.54) is 19.3 Å². The van der Waals surface area contributed by atoms with Gasteiger partial charge in [-0.2, -0.15) is 0 Å². The number of nitrogens with zero attached hydrogens (tertiary/aromatic N) is 2. The average molecular weight is 399 g/mol. The maximum Gasteiger partial charge on any atom is 0.255 e. The summed E-state index contributed by atoms with van der Waals surface area (Å²) in [6, 6.07) is 5.28. The Hall–Kier alpha value is -2.25. The van der Waals surface area contributed by atoms with E-state index in [-0.39, 0.29) is 29.7 Å². The largest absolute Gasteiger partial charge is 0.322 e. The van der Waals surface area contributed by atoms with Crippen LogP contribution >= 0.6 is 0 Å². The molecule has 3 amide bonds. The summed E-state index contributed by atoms with van der Waals surface area (Å²) >= 11 is 0. The summed E-state index contributed by atoms with van der Waals surface area (Å²) in [7, 11) is 2.12. The van der Waals surface area contributed by atoms with Crippen molar-refractivity contribution in [2.75, 3.05) is 20.1 Å². The number of piperidine rings is 2. The van der Waals surface area contributed by atoms with Gasteiger partial charge in [-0.3, -0.25) is 19.7 Å². The molecule has 2 atom stereocenters. The molecular weight excluding hydrogens is 368 g/mol. The van der Waals surface area contributed by atoms with Crippen molar-refractivity contribution in [1.29, 1.82) is 0 Å². The molecule has 3 aliphatic rings. The highest BCUT2D eigenvalue weighted by Crippen LogP contribution is 2.30. The van der Waals surface area contributed by atoms with Gasteiger partial charge in [-0.1, -0.05) is 18.6 Å². The summed E-state index contributed by atoms with van der Waals surface area (Å²) < 4.78 is 0. The topological polar surface area (TPSA) is 81.8 Å². The van der Waals surface area contributed by atoms with E-state index in [0.29, 0.717) is 18.5 Å². The van der Waals surface area contributed by atoms with Crippen LogP contribution in [0, 0.1) is 0 Å². The smallest absolute Gasteiger partial charge is 0.255 e. The van der Waals surface area contributed by atoms with E-state index < -0.39 is 6.04 Å². The second kappa shape index (κ2) is 7.88. The molecule has 2 saturated heterocycles. The van der Waals surface area contributed by atoms with E-state index in [2.05, 4.69) is 35.6 Å². The number of benzene rings is 1. The van der Waals surface area contributed by atoms with Crippen molar-refractivity contribution in [1.82, 2.24) is 20.4 Å². The number of imide groups is 1. The van der Waals surface area contributed by atoms with Gasteiger partial charge < -0.3 is 15.1 Å². The Balaban J connectivity index is 1.48. The molecule has 2 unspecified atom stereocenters. The standard InChI is InChI=1S/C22H30N4O3/c1-22(10-3-4-11-23-22)14-25(2)12-15-6-5-7-16-17(15)13-26(21(16)29)18-8-9-19(27)24-20(18)28/h5-7,18,23H,3-4,8-14H2,1-2H3,(H,24,27,28). The van der Waals surface area contributed by atoms with Gasteiger partial charge in [0.15, 0.2) is 0 Å². The highest BCUT2D eigenvalue weighted by atomic mass is 16.2. The molecule has 3 heterocycles. The summed E-state index contributed by atoms with van der Waals surface area (Å²) in [5.74, 6) is -0.736. The first-order valence-corrected chi connectivity index (χ1v) is 10.6. The second-order valence-electron chi connectivity index (χ2n) is 8.96. The normalized spacial score (nSPS) is 27.3. The minimum atomic E-state index is -0.566. The monoisotopic (exact) mass is 398 g/mol. The fourth-order valence-electron chi connectivity index (χ4n) is 4.99. The Morgan fingerprint density at radius 1 is 1.24 bits per heavy atom. The van der Waals surface area contributed by atoms with Crippen LogP contribution in [0.4, 0.5) is 0 Å². The lowest BCUT2D eigenvalue weighted by molar-refractivity contribution is -0.136. The van der Waals surface area contributed by atoms with Crippen LogP contribution in [0.25, 0.3) is 0 Å². The molecule has 0 aliphatic carbocycles. The molecule has 7 nitrogen and oxygen atoms in total. The molecule has 2 N–H and O–H groups in total. The van der Waals surface area contributed by atoms with Crippen LogP contribution in [0.5, 0.6) is 0 Å². The van der Waals surface area contributed by atoms with E-state index in [4.69, 9.17) is 0 Å². The van der Waals surface area contributed by atoms with Crippen LogP contribution in [0.2, 0.25) is 0 Å². The van der Waals surface area contributed by atoms with Crippen molar-refractivity contribution in [2.45, 2.75) is 63.7 Å². The Labute approximate surface area is 171 Å². The first-order valence-electron chi connectivity index (χ1n) is 10.6. The van der Waals surface area contributed by atoms with E-state index in [9.17, 15) is 14.4 Å². The summed E-state index contributed by atoms with van der Waals surface area (Å²) in [5.41, 5.74) is 2.95. The molecule has 7 heteroatoms.